The molecule has 1 aliphatic rings. The van der Waals surface area contributed by atoms with Crippen molar-refractivity contribution >= 4 is 11.9 Å². The zero-order valence-electron chi connectivity index (χ0n) is 15.9. The summed E-state index contributed by atoms with van der Waals surface area (Å²) < 4.78 is 0. The number of rotatable bonds is 6. The minimum absolute atomic E-state index is 0.179. The largest absolute Gasteiger partial charge is 0.368 e. The van der Waals surface area contributed by atoms with Crippen LogP contribution in [0.1, 0.15) is 74.9 Å². The molecule has 0 radical (unpaired) electrons. The van der Waals surface area contributed by atoms with Crippen LogP contribution in [0.4, 0.5) is 11.9 Å². The van der Waals surface area contributed by atoms with E-state index in [9.17, 15) is 0 Å². The summed E-state index contributed by atoms with van der Waals surface area (Å²) in [6, 6.07) is 9.58. The molecule has 2 aromatic rings. The Hall–Kier alpha value is -2.21. The van der Waals surface area contributed by atoms with Crippen molar-refractivity contribution in [1.29, 1.82) is 0 Å². The summed E-state index contributed by atoms with van der Waals surface area (Å²) in [6.45, 7) is 5.11. The molecule has 1 saturated carbocycles. The summed E-state index contributed by atoms with van der Waals surface area (Å²) >= 11 is 0. The Morgan fingerprint density at radius 3 is 2.15 bits per heavy atom. The number of nitrogens with two attached hydrogens (primary N) is 3. The van der Waals surface area contributed by atoms with E-state index in [1.165, 1.54) is 43.2 Å². The first-order valence-electron chi connectivity index (χ1n) is 9.72. The van der Waals surface area contributed by atoms with Crippen LogP contribution in [0.2, 0.25) is 0 Å². The fourth-order valence-electron chi connectivity index (χ4n) is 4.00. The molecule has 0 spiro atoms. The second-order valence-corrected chi connectivity index (χ2v) is 7.68. The average Bonchev–Trinajstić information content (AvgIpc) is 2.62. The molecule has 0 bridgehead atoms. The van der Waals surface area contributed by atoms with Gasteiger partial charge in [0.1, 0.15) is 12.6 Å². The molecule has 6 heteroatoms. The molecule has 1 fully saturated rings. The van der Waals surface area contributed by atoms with Crippen molar-refractivity contribution < 1.29 is 5.32 Å². The van der Waals surface area contributed by atoms with Crippen LogP contribution in [0.5, 0.6) is 0 Å². The lowest BCUT2D eigenvalue weighted by Gasteiger charge is -2.23. The first-order chi connectivity index (χ1) is 12.5. The number of nitrogens with zero attached hydrogens (tertiary/aromatic N) is 3. The predicted molar refractivity (Wildman–Crippen MR) is 104 cm³/mol. The van der Waals surface area contributed by atoms with E-state index in [1.807, 2.05) is 0 Å². The molecule has 1 aromatic heterocycles. The van der Waals surface area contributed by atoms with Gasteiger partial charge in [-0.05, 0) is 24.3 Å². The van der Waals surface area contributed by atoms with E-state index in [0.717, 1.165) is 5.92 Å². The molecule has 0 unspecified atom stereocenters. The Morgan fingerprint density at radius 2 is 1.58 bits per heavy atom. The summed E-state index contributed by atoms with van der Waals surface area (Å²) in [6.07, 6.45) is 6.80. The second-order valence-electron chi connectivity index (χ2n) is 7.68. The minimum atomic E-state index is 0.179. The van der Waals surface area contributed by atoms with Crippen molar-refractivity contribution in [3.63, 3.8) is 0 Å². The first kappa shape index (κ1) is 18.6. The summed E-state index contributed by atoms with van der Waals surface area (Å²) in [5, 5.41) is 2.26. The molecule has 1 aliphatic carbocycles. The maximum Gasteiger partial charge on any atom is 0.225 e. The minimum Gasteiger partial charge on any atom is -0.368 e. The van der Waals surface area contributed by atoms with Crippen molar-refractivity contribution in [2.75, 3.05) is 11.5 Å². The molecule has 6 N–H and O–H groups in total. The normalized spacial score (nSPS) is 16.7. The highest BCUT2D eigenvalue weighted by Gasteiger charge is 2.21. The summed E-state index contributed by atoms with van der Waals surface area (Å²) in [5.74, 6) is 2.22. The Labute approximate surface area is 155 Å². The van der Waals surface area contributed by atoms with Crippen LogP contribution in [0.25, 0.3) is 0 Å². The van der Waals surface area contributed by atoms with E-state index < -0.39 is 0 Å². The molecule has 0 aliphatic heterocycles. The van der Waals surface area contributed by atoms with Crippen molar-refractivity contribution in [2.24, 2.45) is 5.92 Å². The van der Waals surface area contributed by atoms with Gasteiger partial charge < -0.3 is 16.8 Å². The zero-order valence-corrected chi connectivity index (χ0v) is 15.9. The van der Waals surface area contributed by atoms with Crippen molar-refractivity contribution in [3.8, 4) is 0 Å². The Balaban J connectivity index is 1.68. The molecule has 6 nitrogen and oxygen atoms in total. The first-order valence-corrected chi connectivity index (χ1v) is 9.72. The quantitative estimate of drug-likeness (QED) is 0.738. The van der Waals surface area contributed by atoms with Crippen LogP contribution in [0.15, 0.2) is 24.3 Å². The summed E-state index contributed by atoms with van der Waals surface area (Å²) in [7, 11) is 0. The Morgan fingerprint density at radius 1 is 0.962 bits per heavy atom. The number of hydrogen-bond acceptors (Lipinski definition) is 5. The summed E-state index contributed by atoms with van der Waals surface area (Å²) in [4.78, 5) is 12.2. The van der Waals surface area contributed by atoms with Crippen molar-refractivity contribution in [2.45, 2.75) is 64.5 Å². The molecule has 140 valence electrons. The van der Waals surface area contributed by atoms with Crippen LogP contribution in [0, 0.1) is 5.92 Å². The van der Waals surface area contributed by atoms with E-state index in [0.29, 0.717) is 24.3 Å². The molecule has 3 rings (SSSR count). The van der Waals surface area contributed by atoms with Crippen LogP contribution in [-0.4, -0.2) is 15.0 Å². The smallest absolute Gasteiger partial charge is 0.225 e. The Bertz CT molecular complexity index is 686. The van der Waals surface area contributed by atoms with E-state index in [4.69, 9.17) is 11.5 Å². The van der Waals surface area contributed by atoms with Crippen LogP contribution >= 0.6 is 0 Å². The third-order valence-electron chi connectivity index (χ3n) is 5.39. The number of quaternary nitrogens is 1. The lowest BCUT2D eigenvalue weighted by Crippen LogP contribution is -2.85. The molecular formula is C20H31N6+. The highest BCUT2D eigenvalue weighted by molar-refractivity contribution is 5.27. The molecule has 26 heavy (non-hydrogen) atoms. The topological polar surface area (TPSA) is 107 Å². The molecule has 1 aromatic carbocycles. The molecule has 1 atom stereocenters. The van der Waals surface area contributed by atoms with Gasteiger partial charge in [0, 0.05) is 11.5 Å². The van der Waals surface area contributed by atoms with Gasteiger partial charge in [-0.2, -0.15) is 15.0 Å². The van der Waals surface area contributed by atoms with Crippen molar-refractivity contribution in [3.05, 3.63) is 41.2 Å². The molecule has 0 amide bonds. The maximum absolute atomic E-state index is 5.67. The van der Waals surface area contributed by atoms with Gasteiger partial charge in [-0.1, -0.05) is 57.4 Å². The van der Waals surface area contributed by atoms with Gasteiger partial charge >= 0.3 is 0 Å². The van der Waals surface area contributed by atoms with Gasteiger partial charge in [0.15, 0.2) is 5.82 Å². The van der Waals surface area contributed by atoms with Gasteiger partial charge in [-0.15, -0.1) is 0 Å². The summed E-state index contributed by atoms with van der Waals surface area (Å²) in [5.41, 5.74) is 14.2. The SMILES string of the molecule is CC(C)[C@@H]([NH2+]Cc1nc(N)nc(N)n1)c1ccc(C2CCCCC2)cc1. The van der Waals surface area contributed by atoms with Gasteiger partial charge in [-0.3, -0.25) is 0 Å². The highest BCUT2D eigenvalue weighted by atomic mass is 15.2. The maximum atomic E-state index is 5.67. The fourth-order valence-corrected chi connectivity index (χ4v) is 4.00. The van der Waals surface area contributed by atoms with Crippen LogP contribution < -0.4 is 16.8 Å². The highest BCUT2D eigenvalue weighted by Crippen LogP contribution is 2.33. The van der Waals surface area contributed by atoms with E-state index in [-0.39, 0.29) is 11.9 Å². The molecule has 1 heterocycles. The number of nitrogen functional groups attached to an aromatic ring is 2. The third kappa shape index (κ3) is 4.69. The van der Waals surface area contributed by atoms with Gasteiger partial charge in [0.2, 0.25) is 11.9 Å². The third-order valence-corrected chi connectivity index (χ3v) is 5.39. The van der Waals surface area contributed by atoms with E-state index >= 15 is 0 Å². The van der Waals surface area contributed by atoms with Gasteiger partial charge in [0.25, 0.3) is 0 Å². The van der Waals surface area contributed by atoms with E-state index in [1.54, 1.807) is 0 Å². The van der Waals surface area contributed by atoms with Gasteiger partial charge in [-0.25, -0.2) is 0 Å². The van der Waals surface area contributed by atoms with Crippen molar-refractivity contribution in [1.82, 2.24) is 15.0 Å². The van der Waals surface area contributed by atoms with E-state index in [2.05, 4.69) is 58.4 Å². The number of anilines is 2. The van der Waals surface area contributed by atoms with Crippen LogP contribution in [-0.2, 0) is 6.54 Å². The monoisotopic (exact) mass is 355 g/mol. The molecular weight excluding hydrogens is 324 g/mol. The molecule has 0 saturated heterocycles. The Kier molecular flexibility index (Phi) is 6.04. The number of aromatic nitrogens is 3. The fraction of sp³-hybridized carbons (Fsp3) is 0.550. The lowest BCUT2D eigenvalue weighted by atomic mass is 9.83. The average molecular weight is 356 g/mol. The standard InChI is InChI=1S/C20H30N6/c1-13(2)18(23-12-17-24-19(21)26-20(22)25-17)16-10-8-15(9-11-16)14-6-4-3-5-7-14/h8-11,13-14,18,23H,3-7,12H2,1-2H3,(H4,21,22,24,25,26)/p+1/t18-/m1/s1. The number of benzene rings is 1. The predicted octanol–water partition coefficient (Wildman–Crippen LogP) is 2.54. The zero-order chi connectivity index (χ0) is 18.5. The second kappa shape index (κ2) is 8.45. The number of hydrogen-bond donors (Lipinski definition) is 3. The lowest BCUT2D eigenvalue weighted by molar-refractivity contribution is -0.718. The van der Waals surface area contributed by atoms with Crippen LogP contribution in [0.3, 0.4) is 0 Å². The van der Waals surface area contributed by atoms with Gasteiger partial charge in [0.05, 0.1) is 0 Å².